The number of hydrogen-bond donors (Lipinski definition) is 2. The van der Waals surface area contributed by atoms with Gasteiger partial charge in [-0.3, -0.25) is 4.79 Å². The summed E-state index contributed by atoms with van der Waals surface area (Å²) < 4.78 is 3.84. The van der Waals surface area contributed by atoms with Crippen LogP contribution < -0.4 is 10.6 Å². The van der Waals surface area contributed by atoms with E-state index in [-0.39, 0.29) is 11.9 Å². The number of benzene rings is 1. The zero-order valence-electron chi connectivity index (χ0n) is 15.0. The number of hydrogen-bond acceptors (Lipinski definition) is 5. The van der Waals surface area contributed by atoms with E-state index >= 15 is 0 Å². The predicted octanol–water partition coefficient (Wildman–Crippen LogP) is 3.04. The summed E-state index contributed by atoms with van der Waals surface area (Å²) in [4.78, 5) is 27.5. The van der Waals surface area contributed by atoms with Crippen LogP contribution in [0.1, 0.15) is 40.7 Å². The lowest BCUT2D eigenvalue weighted by atomic mass is 9.98. The van der Waals surface area contributed by atoms with Crippen LogP contribution in [0.4, 0.5) is 10.5 Å². The molecule has 26 heavy (non-hydrogen) atoms. The fourth-order valence-electron chi connectivity index (χ4n) is 2.87. The number of urea groups is 1. The fourth-order valence-corrected chi connectivity index (χ4v) is 3.44. The van der Waals surface area contributed by atoms with E-state index in [1.54, 1.807) is 24.3 Å². The van der Waals surface area contributed by atoms with E-state index in [0.29, 0.717) is 23.7 Å². The Labute approximate surface area is 157 Å². The Morgan fingerprint density at radius 3 is 2.77 bits per heavy atom. The first-order chi connectivity index (χ1) is 12.5. The summed E-state index contributed by atoms with van der Waals surface area (Å²) in [6.45, 7) is 6.03. The van der Waals surface area contributed by atoms with Crippen LogP contribution >= 0.6 is 11.5 Å². The Balaban J connectivity index is 1.57. The minimum atomic E-state index is -0.325. The number of aromatic nitrogens is 2. The molecule has 1 aliphatic rings. The third-order valence-corrected chi connectivity index (χ3v) is 5.42. The maximum Gasteiger partial charge on any atom is 0.319 e. The van der Waals surface area contributed by atoms with Gasteiger partial charge in [-0.2, -0.15) is 0 Å². The number of carbonyl (C=O) groups is 2. The molecular weight excluding hydrogens is 350 g/mol. The van der Waals surface area contributed by atoms with Crippen molar-refractivity contribution in [1.82, 2.24) is 19.8 Å². The van der Waals surface area contributed by atoms with Gasteiger partial charge in [-0.25, -0.2) is 4.79 Å². The number of likely N-dealkylation sites (tertiary alicyclic amines) is 1. The van der Waals surface area contributed by atoms with Crippen molar-refractivity contribution in [3.63, 3.8) is 0 Å². The van der Waals surface area contributed by atoms with Crippen molar-refractivity contribution in [2.45, 2.75) is 33.2 Å². The number of carbonyl (C=O) groups excluding carboxylic acids is 2. The summed E-state index contributed by atoms with van der Waals surface area (Å²) in [5.74, 6) is 0.695. The van der Waals surface area contributed by atoms with Crippen LogP contribution in [0.25, 0.3) is 0 Å². The largest absolute Gasteiger partial charge is 0.339 e. The summed E-state index contributed by atoms with van der Waals surface area (Å²) in [5.41, 5.74) is 2.01. The second kappa shape index (κ2) is 8.27. The lowest BCUT2D eigenvalue weighted by Gasteiger charge is -2.30. The SMILES string of the molecule is Cc1nnsc1CNC(=O)Nc1cccc(C(=O)N2CCC(C)CC2)c1. The van der Waals surface area contributed by atoms with Gasteiger partial charge in [0.2, 0.25) is 0 Å². The van der Waals surface area contributed by atoms with Gasteiger partial charge in [-0.15, -0.1) is 5.10 Å². The van der Waals surface area contributed by atoms with Gasteiger partial charge >= 0.3 is 6.03 Å². The van der Waals surface area contributed by atoms with Crippen molar-refractivity contribution in [2.24, 2.45) is 5.92 Å². The van der Waals surface area contributed by atoms with Crippen LogP contribution in [-0.2, 0) is 6.54 Å². The molecule has 0 atom stereocenters. The quantitative estimate of drug-likeness (QED) is 0.862. The molecule has 1 fully saturated rings. The molecule has 3 amide bonds. The summed E-state index contributed by atoms with van der Waals surface area (Å²) in [7, 11) is 0. The van der Waals surface area contributed by atoms with Crippen molar-refractivity contribution in [2.75, 3.05) is 18.4 Å². The molecule has 0 spiro atoms. The van der Waals surface area contributed by atoms with Crippen molar-refractivity contribution >= 4 is 29.2 Å². The summed E-state index contributed by atoms with van der Waals surface area (Å²) in [5, 5.41) is 9.46. The molecule has 3 rings (SSSR count). The van der Waals surface area contributed by atoms with Gasteiger partial charge in [-0.05, 0) is 55.4 Å². The second-order valence-corrected chi connectivity index (χ2v) is 7.48. The van der Waals surface area contributed by atoms with Crippen LogP contribution in [0.3, 0.4) is 0 Å². The van der Waals surface area contributed by atoms with E-state index in [4.69, 9.17) is 0 Å². The van der Waals surface area contributed by atoms with Gasteiger partial charge < -0.3 is 15.5 Å². The number of piperidine rings is 1. The molecule has 138 valence electrons. The topological polar surface area (TPSA) is 87.2 Å². The average Bonchev–Trinajstić information content (AvgIpc) is 3.05. The number of amides is 3. The lowest BCUT2D eigenvalue weighted by molar-refractivity contribution is 0.0697. The molecular formula is C18H23N5O2S. The van der Waals surface area contributed by atoms with Crippen LogP contribution in [0.5, 0.6) is 0 Å². The van der Waals surface area contributed by atoms with E-state index in [1.807, 2.05) is 11.8 Å². The number of nitrogens with one attached hydrogen (secondary N) is 2. The average molecular weight is 373 g/mol. The van der Waals surface area contributed by atoms with Gasteiger partial charge in [-0.1, -0.05) is 17.5 Å². The van der Waals surface area contributed by atoms with E-state index in [2.05, 4.69) is 27.1 Å². The fraction of sp³-hybridized carbons (Fsp3) is 0.444. The summed E-state index contributed by atoms with van der Waals surface area (Å²) in [6.07, 6.45) is 2.08. The smallest absolute Gasteiger partial charge is 0.319 e. The molecule has 1 aromatic carbocycles. The molecule has 8 heteroatoms. The first-order valence-electron chi connectivity index (χ1n) is 8.75. The Morgan fingerprint density at radius 2 is 2.08 bits per heavy atom. The molecule has 0 bridgehead atoms. The minimum absolute atomic E-state index is 0.0207. The molecule has 2 N–H and O–H groups in total. The third-order valence-electron chi connectivity index (χ3n) is 4.59. The molecule has 1 saturated heterocycles. The summed E-state index contributed by atoms with van der Waals surface area (Å²) in [6, 6.07) is 6.74. The normalized spacial score (nSPS) is 14.9. The molecule has 1 aliphatic heterocycles. The zero-order chi connectivity index (χ0) is 18.5. The predicted molar refractivity (Wildman–Crippen MR) is 101 cm³/mol. The maximum atomic E-state index is 12.6. The molecule has 0 saturated carbocycles. The van der Waals surface area contributed by atoms with E-state index in [0.717, 1.165) is 36.5 Å². The van der Waals surface area contributed by atoms with Crippen LogP contribution in [0.15, 0.2) is 24.3 Å². The van der Waals surface area contributed by atoms with Gasteiger partial charge in [0.25, 0.3) is 5.91 Å². The Morgan fingerprint density at radius 1 is 1.31 bits per heavy atom. The van der Waals surface area contributed by atoms with Crippen molar-refractivity contribution in [3.05, 3.63) is 40.4 Å². The van der Waals surface area contributed by atoms with Gasteiger partial charge in [0.05, 0.1) is 17.1 Å². The monoisotopic (exact) mass is 373 g/mol. The Kier molecular flexibility index (Phi) is 5.82. The highest BCUT2D eigenvalue weighted by molar-refractivity contribution is 7.05. The molecule has 0 unspecified atom stereocenters. The van der Waals surface area contributed by atoms with Crippen LogP contribution in [-0.4, -0.2) is 39.5 Å². The van der Waals surface area contributed by atoms with Gasteiger partial charge in [0, 0.05) is 24.3 Å². The highest BCUT2D eigenvalue weighted by Gasteiger charge is 2.21. The van der Waals surface area contributed by atoms with Crippen LogP contribution in [0.2, 0.25) is 0 Å². The number of aryl methyl sites for hydroxylation is 1. The van der Waals surface area contributed by atoms with E-state index in [1.165, 1.54) is 11.5 Å². The first-order valence-corrected chi connectivity index (χ1v) is 9.52. The van der Waals surface area contributed by atoms with Crippen molar-refractivity contribution in [1.29, 1.82) is 0 Å². The van der Waals surface area contributed by atoms with Crippen molar-refractivity contribution in [3.8, 4) is 0 Å². The first kappa shape index (κ1) is 18.3. The van der Waals surface area contributed by atoms with E-state index in [9.17, 15) is 9.59 Å². The van der Waals surface area contributed by atoms with Gasteiger partial charge in [0.1, 0.15) is 0 Å². The summed E-state index contributed by atoms with van der Waals surface area (Å²) >= 11 is 1.27. The standard InChI is InChI=1S/C18H23N5O2S/c1-12-6-8-23(9-7-12)17(24)14-4-3-5-15(10-14)20-18(25)19-11-16-13(2)21-22-26-16/h3-5,10,12H,6-9,11H2,1-2H3,(H2,19,20,25). The van der Waals surface area contributed by atoms with Gasteiger partial charge in [0.15, 0.2) is 0 Å². The maximum absolute atomic E-state index is 12.6. The van der Waals surface area contributed by atoms with Crippen molar-refractivity contribution < 1.29 is 9.59 Å². The minimum Gasteiger partial charge on any atom is -0.339 e. The lowest BCUT2D eigenvalue weighted by Crippen LogP contribution is -2.37. The van der Waals surface area contributed by atoms with Crippen LogP contribution in [0, 0.1) is 12.8 Å². The highest BCUT2D eigenvalue weighted by atomic mass is 32.1. The number of anilines is 1. The molecule has 0 radical (unpaired) electrons. The second-order valence-electron chi connectivity index (χ2n) is 6.64. The molecule has 7 nitrogen and oxygen atoms in total. The molecule has 0 aliphatic carbocycles. The Hall–Kier alpha value is -2.48. The van der Waals surface area contributed by atoms with E-state index < -0.39 is 0 Å². The highest BCUT2D eigenvalue weighted by Crippen LogP contribution is 2.19. The number of rotatable bonds is 4. The molecule has 1 aromatic heterocycles. The molecule has 2 heterocycles. The third kappa shape index (κ3) is 4.57. The molecule has 2 aromatic rings. The number of nitrogens with zero attached hydrogens (tertiary/aromatic N) is 3. The Bertz CT molecular complexity index is 783. The zero-order valence-corrected chi connectivity index (χ0v) is 15.8.